The second-order valence-corrected chi connectivity index (χ2v) is 2.87. The molecule has 3 nitrogen and oxygen atoms in total. The van der Waals surface area contributed by atoms with E-state index in [1.165, 1.54) is 0 Å². The molecule has 0 aromatic heterocycles. The molecule has 0 fully saturated rings. The van der Waals surface area contributed by atoms with Gasteiger partial charge in [0.05, 0.1) is 5.54 Å². The minimum absolute atomic E-state index is 0.378. The fourth-order valence-corrected chi connectivity index (χ4v) is 0.551. The highest BCUT2D eigenvalue weighted by molar-refractivity contribution is 5.62. The van der Waals surface area contributed by atoms with Crippen molar-refractivity contribution in [1.29, 1.82) is 0 Å². The third-order valence-corrected chi connectivity index (χ3v) is 1.25. The summed E-state index contributed by atoms with van der Waals surface area (Å²) in [5.41, 5.74) is -0.378. The molecule has 0 amide bonds. The summed E-state index contributed by atoms with van der Waals surface area (Å²) in [4.78, 5) is 10.3. The first-order valence-corrected chi connectivity index (χ1v) is 3.48. The van der Waals surface area contributed by atoms with E-state index >= 15 is 0 Å². The third kappa shape index (κ3) is 4.47. The zero-order chi connectivity index (χ0) is 8.04. The van der Waals surface area contributed by atoms with Crippen LogP contribution in [0, 0.1) is 0 Å². The summed E-state index contributed by atoms with van der Waals surface area (Å²) in [6.45, 7) is 5.42. The smallest absolute Gasteiger partial charge is 0.139 e. The van der Waals surface area contributed by atoms with Crippen LogP contribution in [-0.2, 0) is 4.79 Å². The Bertz CT molecular complexity index is 102. The molecule has 0 radical (unpaired) electrons. The molecule has 0 rings (SSSR count). The molecule has 0 atom stereocenters. The molecule has 0 aliphatic rings. The molecule has 0 aliphatic carbocycles. The predicted molar refractivity (Wildman–Crippen MR) is 42.1 cm³/mol. The van der Waals surface area contributed by atoms with Gasteiger partial charge in [-0.1, -0.05) is 0 Å². The second-order valence-electron chi connectivity index (χ2n) is 2.87. The van der Waals surface area contributed by atoms with E-state index in [9.17, 15) is 4.79 Å². The summed E-state index contributed by atoms with van der Waals surface area (Å²) in [5, 5.41) is 6.06. The van der Waals surface area contributed by atoms with Gasteiger partial charge in [-0.05, 0) is 20.9 Å². The molecular weight excluding hydrogens is 128 g/mol. The van der Waals surface area contributed by atoms with Crippen molar-refractivity contribution in [3.05, 3.63) is 0 Å². The first kappa shape index (κ1) is 9.59. The Morgan fingerprint density at radius 1 is 1.40 bits per heavy atom. The average Bonchev–Trinajstić information content (AvgIpc) is 1.89. The largest absolute Gasteiger partial charge is 0.318 e. The highest BCUT2D eigenvalue weighted by Crippen LogP contribution is 1.93. The van der Waals surface area contributed by atoms with Crippen LogP contribution < -0.4 is 10.6 Å². The molecule has 0 aromatic rings. The first-order chi connectivity index (χ1) is 4.62. The van der Waals surface area contributed by atoms with Gasteiger partial charge in [-0.3, -0.25) is 0 Å². The van der Waals surface area contributed by atoms with E-state index in [0.717, 1.165) is 19.4 Å². The summed E-state index contributed by atoms with van der Waals surface area (Å²) in [5.74, 6) is 0. The highest BCUT2D eigenvalue weighted by atomic mass is 16.1. The second kappa shape index (κ2) is 4.41. The van der Waals surface area contributed by atoms with Crippen LogP contribution in [0.1, 0.15) is 13.8 Å². The Labute approximate surface area is 62.2 Å². The maximum absolute atomic E-state index is 10.3. The topological polar surface area (TPSA) is 41.1 Å². The molecule has 0 saturated carbocycles. The molecule has 0 unspecified atom stereocenters. The summed E-state index contributed by atoms with van der Waals surface area (Å²) in [7, 11) is 1.88. The maximum Gasteiger partial charge on any atom is 0.139 e. The maximum atomic E-state index is 10.3. The number of carbonyl (C=O) groups is 1. The minimum Gasteiger partial charge on any atom is -0.318 e. The lowest BCUT2D eigenvalue weighted by Crippen LogP contribution is -2.43. The van der Waals surface area contributed by atoms with E-state index in [1.807, 2.05) is 20.9 Å². The van der Waals surface area contributed by atoms with Gasteiger partial charge in [0.1, 0.15) is 6.29 Å². The highest BCUT2D eigenvalue weighted by Gasteiger charge is 2.13. The van der Waals surface area contributed by atoms with Crippen LogP contribution in [0.5, 0.6) is 0 Å². The van der Waals surface area contributed by atoms with Crippen molar-refractivity contribution < 1.29 is 4.79 Å². The molecule has 0 spiro atoms. The lowest BCUT2D eigenvalue weighted by Gasteiger charge is -2.18. The molecule has 0 bridgehead atoms. The molecule has 0 aliphatic heterocycles. The van der Waals surface area contributed by atoms with Crippen LogP contribution in [-0.4, -0.2) is 32.0 Å². The van der Waals surface area contributed by atoms with Gasteiger partial charge in [0.25, 0.3) is 0 Å². The van der Waals surface area contributed by atoms with Crippen molar-refractivity contribution in [1.82, 2.24) is 10.6 Å². The zero-order valence-corrected chi connectivity index (χ0v) is 6.90. The van der Waals surface area contributed by atoms with Gasteiger partial charge in [-0.25, -0.2) is 0 Å². The molecule has 3 heteroatoms. The standard InChI is InChI=1S/C7H16N2O/c1-7(2,6-10)9-5-4-8-3/h6,8-9H,4-5H2,1-3H3. The fraction of sp³-hybridized carbons (Fsp3) is 0.857. The van der Waals surface area contributed by atoms with Gasteiger partial charge in [0, 0.05) is 13.1 Å². The number of nitrogens with one attached hydrogen (secondary N) is 2. The monoisotopic (exact) mass is 144 g/mol. The van der Waals surface area contributed by atoms with Gasteiger partial charge in [-0.2, -0.15) is 0 Å². The van der Waals surface area contributed by atoms with Gasteiger partial charge < -0.3 is 15.4 Å². The SMILES string of the molecule is CNCCNC(C)(C)C=O. The molecular formula is C7H16N2O. The van der Waals surface area contributed by atoms with E-state index in [4.69, 9.17) is 0 Å². The number of carbonyl (C=O) groups excluding carboxylic acids is 1. The summed E-state index contributed by atoms with van der Waals surface area (Å²) >= 11 is 0. The van der Waals surface area contributed by atoms with E-state index in [-0.39, 0.29) is 5.54 Å². The Kier molecular flexibility index (Phi) is 4.23. The Hall–Kier alpha value is -0.410. The number of aldehydes is 1. The fourth-order valence-electron chi connectivity index (χ4n) is 0.551. The van der Waals surface area contributed by atoms with Crippen molar-refractivity contribution in [3.63, 3.8) is 0 Å². The number of hydrogen-bond donors (Lipinski definition) is 2. The predicted octanol–water partition coefficient (Wildman–Crippen LogP) is -0.227. The van der Waals surface area contributed by atoms with Crippen LogP contribution in [0.25, 0.3) is 0 Å². The van der Waals surface area contributed by atoms with Gasteiger partial charge in [0.15, 0.2) is 0 Å². The average molecular weight is 144 g/mol. The summed E-state index contributed by atoms with van der Waals surface area (Å²) in [6, 6.07) is 0. The summed E-state index contributed by atoms with van der Waals surface area (Å²) in [6.07, 6.45) is 0.919. The van der Waals surface area contributed by atoms with Crippen molar-refractivity contribution in [3.8, 4) is 0 Å². The van der Waals surface area contributed by atoms with Crippen molar-refractivity contribution in [2.24, 2.45) is 0 Å². The van der Waals surface area contributed by atoms with Gasteiger partial charge >= 0.3 is 0 Å². The zero-order valence-electron chi connectivity index (χ0n) is 6.90. The summed E-state index contributed by atoms with van der Waals surface area (Å²) < 4.78 is 0. The van der Waals surface area contributed by atoms with E-state index in [2.05, 4.69) is 10.6 Å². The molecule has 0 heterocycles. The Morgan fingerprint density at radius 3 is 2.40 bits per heavy atom. The lowest BCUT2D eigenvalue weighted by molar-refractivity contribution is -0.112. The number of rotatable bonds is 5. The molecule has 0 aromatic carbocycles. The van der Waals surface area contributed by atoms with E-state index in [1.54, 1.807) is 0 Å². The van der Waals surface area contributed by atoms with Crippen molar-refractivity contribution >= 4 is 6.29 Å². The lowest BCUT2D eigenvalue weighted by atomic mass is 10.1. The first-order valence-electron chi connectivity index (χ1n) is 3.48. The normalized spacial score (nSPS) is 11.5. The van der Waals surface area contributed by atoms with E-state index < -0.39 is 0 Å². The van der Waals surface area contributed by atoms with Gasteiger partial charge in [0.2, 0.25) is 0 Å². The number of hydrogen-bond acceptors (Lipinski definition) is 3. The van der Waals surface area contributed by atoms with Crippen LogP contribution in [0.15, 0.2) is 0 Å². The molecule has 10 heavy (non-hydrogen) atoms. The van der Waals surface area contributed by atoms with Crippen LogP contribution in [0.4, 0.5) is 0 Å². The van der Waals surface area contributed by atoms with E-state index in [0.29, 0.717) is 0 Å². The molecule has 0 saturated heterocycles. The van der Waals surface area contributed by atoms with Crippen LogP contribution in [0.3, 0.4) is 0 Å². The van der Waals surface area contributed by atoms with Crippen LogP contribution in [0.2, 0.25) is 0 Å². The quantitative estimate of drug-likeness (QED) is 0.414. The Balaban J connectivity index is 3.37. The van der Waals surface area contributed by atoms with Gasteiger partial charge in [-0.15, -0.1) is 0 Å². The molecule has 2 N–H and O–H groups in total. The van der Waals surface area contributed by atoms with Crippen LogP contribution >= 0.6 is 0 Å². The third-order valence-electron chi connectivity index (χ3n) is 1.25. The number of likely N-dealkylation sites (N-methyl/N-ethyl adjacent to an activating group) is 1. The van der Waals surface area contributed by atoms with Crippen molar-refractivity contribution in [2.75, 3.05) is 20.1 Å². The van der Waals surface area contributed by atoms with Crippen molar-refractivity contribution in [2.45, 2.75) is 19.4 Å². The Morgan fingerprint density at radius 2 is 2.00 bits per heavy atom. The molecule has 60 valence electrons. The minimum atomic E-state index is -0.378.